The van der Waals surface area contributed by atoms with Crippen LogP contribution in [0, 0.1) is 0 Å². The van der Waals surface area contributed by atoms with E-state index in [-0.39, 0.29) is 0 Å². The molecule has 0 radical (unpaired) electrons. The Labute approximate surface area is 116 Å². The van der Waals surface area contributed by atoms with Gasteiger partial charge in [0.25, 0.3) is 0 Å². The van der Waals surface area contributed by atoms with E-state index in [9.17, 15) is 0 Å². The summed E-state index contributed by atoms with van der Waals surface area (Å²) in [6.07, 6.45) is 4.39. The fourth-order valence-electron chi connectivity index (χ4n) is 2.41. The van der Waals surface area contributed by atoms with E-state index in [1.807, 2.05) is 24.3 Å². The normalized spacial score (nSPS) is 11.1. The van der Waals surface area contributed by atoms with Crippen LogP contribution in [-0.4, -0.2) is 16.5 Å². The predicted molar refractivity (Wildman–Crippen MR) is 79.3 cm³/mol. The van der Waals surface area contributed by atoms with Crippen LogP contribution in [0.25, 0.3) is 22.2 Å². The van der Waals surface area contributed by atoms with E-state index in [2.05, 4.69) is 16.0 Å². The molecule has 4 heteroatoms. The number of nitrogens with one attached hydrogen (secondary N) is 1. The standard InChI is InChI=1S/C15H14ClN3/c16-13-3-1-2-11-12(4-7-17)14(19-15(11)13)10-5-8-18-9-6-10/h1-3,5-6,8-9,19H,4,7,17H2. The van der Waals surface area contributed by atoms with Gasteiger partial charge in [-0.2, -0.15) is 0 Å². The van der Waals surface area contributed by atoms with Crippen LogP contribution in [0.2, 0.25) is 5.02 Å². The maximum atomic E-state index is 6.26. The average Bonchev–Trinajstić information content (AvgIpc) is 2.81. The lowest BCUT2D eigenvalue weighted by atomic mass is 10.0. The topological polar surface area (TPSA) is 54.7 Å². The summed E-state index contributed by atoms with van der Waals surface area (Å²) in [5.41, 5.74) is 10.1. The molecule has 3 N–H and O–H groups in total. The van der Waals surface area contributed by atoms with E-state index in [1.165, 1.54) is 5.56 Å². The van der Waals surface area contributed by atoms with E-state index in [0.717, 1.165) is 33.6 Å². The lowest BCUT2D eigenvalue weighted by Gasteiger charge is -2.03. The Kier molecular flexibility index (Phi) is 3.23. The van der Waals surface area contributed by atoms with Crippen LogP contribution in [0.4, 0.5) is 0 Å². The zero-order valence-electron chi connectivity index (χ0n) is 10.4. The van der Waals surface area contributed by atoms with E-state index in [0.29, 0.717) is 6.54 Å². The van der Waals surface area contributed by atoms with Crippen molar-refractivity contribution in [3.8, 4) is 11.3 Å². The number of para-hydroxylation sites is 1. The summed E-state index contributed by atoms with van der Waals surface area (Å²) in [5.74, 6) is 0. The summed E-state index contributed by atoms with van der Waals surface area (Å²) in [6.45, 7) is 0.609. The van der Waals surface area contributed by atoms with Gasteiger partial charge in [0.15, 0.2) is 0 Å². The van der Waals surface area contributed by atoms with Crippen molar-refractivity contribution in [3.05, 3.63) is 53.3 Å². The lowest BCUT2D eigenvalue weighted by molar-refractivity contribution is 0.978. The number of nitrogens with zero attached hydrogens (tertiary/aromatic N) is 1. The first-order chi connectivity index (χ1) is 9.31. The van der Waals surface area contributed by atoms with Gasteiger partial charge >= 0.3 is 0 Å². The molecule has 1 aromatic carbocycles. The maximum Gasteiger partial charge on any atom is 0.0651 e. The molecule has 0 saturated carbocycles. The van der Waals surface area contributed by atoms with Crippen molar-refractivity contribution in [2.75, 3.05) is 6.54 Å². The minimum Gasteiger partial charge on any atom is -0.353 e. The van der Waals surface area contributed by atoms with Crippen molar-refractivity contribution in [1.29, 1.82) is 0 Å². The zero-order chi connectivity index (χ0) is 13.2. The van der Waals surface area contributed by atoms with Gasteiger partial charge in [0, 0.05) is 29.0 Å². The molecule has 0 bridgehead atoms. The van der Waals surface area contributed by atoms with Gasteiger partial charge in [0.05, 0.1) is 10.5 Å². The number of benzene rings is 1. The predicted octanol–water partition coefficient (Wildman–Crippen LogP) is 3.38. The third kappa shape index (κ3) is 2.11. The highest BCUT2D eigenvalue weighted by Crippen LogP contribution is 2.33. The van der Waals surface area contributed by atoms with Crippen molar-refractivity contribution in [1.82, 2.24) is 9.97 Å². The quantitative estimate of drug-likeness (QED) is 0.767. The van der Waals surface area contributed by atoms with E-state index in [4.69, 9.17) is 17.3 Å². The Bertz CT molecular complexity index is 704. The molecule has 96 valence electrons. The van der Waals surface area contributed by atoms with Gasteiger partial charge in [0.2, 0.25) is 0 Å². The number of hydrogen-bond donors (Lipinski definition) is 2. The Morgan fingerprint density at radius 2 is 1.95 bits per heavy atom. The minimum atomic E-state index is 0.609. The Morgan fingerprint density at radius 1 is 1.16 bits per heavy atom. The van der Waals surface area contributed by atoms with Crippen molar-refractivity contribution in [2.45, 2.75) is 6.42 Å². The van der Waals surface area contributed by atoms with Crippen LogP contribution < -0.4 is 5.73 Å². The molecule has 3 nitrogen and oxygen atoms in total. The SMILES string of the molecule is NCCc1c(-c2ccncc2)[nH]c2c(Cl)cccc12. The second-order valence-electron chi connectivity index (χ2n) is 4.42. The van der Waals surface area contributed by atoms with Gasteiger partial charge in [-0.3, -0.25) is 4.98 Å². The Hall–Kier alpha value is -1.84. The summed E-state index contributed by atoms with van der Waals surface area (Å²) < 4.78 is 0. The van der Waals surface area contributed by atoms with Gasteiger partial charge < -0.3 is 10.7 Å². The molecule has 0 amide bonds. The third-order valence-corrected chi connectivity index (χ3v) is 3.57. The second kappa shape index (κ2) is 5.03. The molecule has 0 aliphatic carbocycles. The molecule has 0 unspecified atom stereocenters. The van der Waals surface area contributed by atoms with Crippen molar-refractivity contribution in [2.24, 2.45) is 5.73 Å². The second-order valence-corrected chi connectivity index (χ2v) is 4.82. The third-order valence-electron chi connectivity index (χ3n) is 3.25. The molecular formula is C15H14ClN3. The van der Waals surface area contributed by atoms with Gasteiger partial charge in [-0.05, 0) is 36.7 Å². The van der Waals surface area contributed by atoms with Crippen molar-refractivity contribution >= 4 is 22.5 Å². The van der Waals surface area contributed by atoms with E-state index < -0.39 is 0 Å². The van der Waals surface area contributed by atoms with Crippen molar-refractivity contribution < 1.29 is 0 Å². The van der Waals surface area contributed by atoms with Gasteiger partial charge in [0.1, 0.15) is 0 Å². The zero-order valence-corrected chi connectivity index (χ0v) is 11.1. The summed E-state index contributed by atoms with van der Waals surface area (Å²) in [4.78, 5) is 7.47. The monoisotopic (exact) mass is 271 g/mol. The molecular weight excluding hydrogens is 258 g/mol. The molecule has 0 spiro atoms. The highest BCUT2D eigenvalue weighted by molar-refractivity contribution is 6.35. The van der Waals surface area contributed by atoms with E-state index >= 15 is 0 Å². The van der Waals surface area contributed by atoms with Crippen LogP contribution >= 0.6 is 11.6 Å². The van der Waals surface area contributed by atoms with Crippen LogP contribution in [-0.2, 0) is 6.42 Å². The maximum absolute atomic E-state index is 6.26. The number of aromatic amines is 1. The summed E-state index contributed by atoms with van der Waals surface area (Å²) in [5, 5.41) is 1.88. The number of nitrogens with two attached hydrogens (primary N) is 1. The van der Waals surface area contributed by atoms with Crippen LogP contribution in [0.15, 0.2) is 42.7 Å². The minimum absolute atomic E-state index is 0.609. The number of H-pyrrole nitrogens is 1. The van der Waals surface area contributed by atoms with Crippen LogP contribution in [0.3, 0.4) is 0 Å². The summed E-state index contributed by atoms with van der Waals surface area (Å²) in [7, 11) is 0. The van der Waals surface area contributed by atoms with Crippen molar-refractivity contribution in [3.63, 3.8) is 0 Å². The molecule has 0 aliphatic heterocycles. The van der Waals surface area contributed by atoms with E-state index in [1.54, 1.807) is 12.4 Å². The fourth-order valence-corrected chi connectivity index (χ4v) is 2.63. The highest BCUT2D eigenvalue weighted by Gasteiger charge is 2.13. The molecule has 0 aliphatic rings. The molecule has 19 heavy (non-hydrogen) atoms. The van der Waals surface area contributed by atoms with Crippen LogP contribution in [0.1, 0.15) is 5.56 Å². The van der Waals surface area contributed by atoms with Gasteiger partial charge in [-0.1, -0.05) is 23.7 Å². The summed E-state index contributed by atoms with van der Waals surface area (Å²) >= 11 is 6.26. The number of pyridine rings is 1. The molecule has 3 aromatic rings. The molecule has 0 fully saturated rings. The Morgan fingerprint density at radius 3 is 2.68 bits per heavy atom. The number of hydrogen-bond acceptors (Lipinski definition) is 2. The molecule has 3 rings (SSSR count). The highest BCUT2D eigenvalue weighted by atomic mass is 35.5. The number of rotatable bonds is 3. The lowest BCUT2D eigenvalue weighted by Crippen LogP contribution is -2.03. The average molecular weight is 272 g/mol. The molecule has 0 atom stereocenters. The molecule has 0 saturated heterocycles. The smallest absolute Gasteiger partial charge is 0.0651 e. The number of fused-ring (bicyclic) bond motifs is 1. The molecule has 2 aromatic heterocycles. The van der Waals surface area contributed by atoms with Crippen LogP contribution in [0.5, 0.6) is 0 Å². The van der Waals surface area contributed by atoms with Gasteiger partial charge in [-0.25, -0.2) is 0 Å². The largest absolute Gasteiger partial charge is 0.353 e. The fraction of sp³-hybridized carbons (Fsp3) is 0.133. The molecule has 2 heterocycles. The summed E-state index contributed by atoms with van der Waals surface area (Å²) in [6, 6.07) is 9.91. The first kappa shape index (κ1) is 12.2. The van der Waals surface area contributed by atoms with Gasteiger partial charge in [-0.15, -0.1) is 0 Å². The Balaban J connectivity index is 2.29. The first-order valence-electron chi connectivity index (χ1n) is 6.21. The first-order valence-corrected chi connectivity index (χ1v) is 6.58. The number of halogens is 1. The number of aromatic nitrogens is 2.